The average molecular weight is 408 g/mol. The lowest BCUT2D eigenvalue weighted by Crippen LogP contribution is -2.62. The molecule has 4 rings (SSSR count). The molecule has 154 valence electrons. The Morgan fingerprint density at radius 1 is 1.18 bits per heavy atom. The minimum atomic E-state index is -0.208. The van der Waals surface area contributed by atoms with Gasteiger partial charge >= 0.3 is 0 Å². The number of carbonyl (C=O) groups excluding carboxylic acids is 1. The topological polar surface area (TPSA) is 70.6 Å². The highest BCUT2D eigenvalue weighted by molar-refractivity contribution is 6.33. The van der Waals surface area contributed by atoms with Crippen molar-refractivity contribution in [3.63, 3.8) is 0 Å². The Labute approximate surface area is 171 Å². The number of nitrogens with one attached hydrogen (secondary N) is 1. The van der Waals surface area contributed by atoms with Gasteiger partial charge < -0.3 is 15.0 Å². The Morgan fingerprint density at radius 3 is 2.54 bits per heavy atom. The Hall–Kier alpha value is -1.44. The molecule has 1 aromatic heterocycles. The number of hydrogen-bond donors (Lipinski definition) is 1. The summed E-state index contributed by atoms with van der Waals surface area (Å²) in [6, 6.07) is 0.0156. The van der Waals surface area contributed by atoms with E-state index in [9.17, 15) is 4.79 Å². The molecule has 3 heterocycles. The Balaban J connectivity index is 1.51. The monoisotopic (exact) mass is 407 g/mol. The van der Waals surface area contributed by atoms with Crippen LogP contribution in [0.5, 0.6) is 0 Å². The molecule has 2 saturated heterocycles. The second-order valence-electron chi connectivity index (χ2n) is 8.17. The molecular formula is C20H30ClN5O2. The van der Waals surface area contributed by atoms with Crippen LogP contribution in [0.15, 0.2) is 6.20 Å². The van der Waals surface area contributed by atoms with Crippen LogP contribution in [-0.4, -0.2) is 71.7 Å². The van der Waals surface area contributed by atoms with Crippen molar-refractivity contribution in [2.75, 3.05) is 44.3 Å². The number of morpholine rings is 1. The van der Waals surface area contributed by atoms with Gasteiger partial charge in [0.2, 0.25) is 5.95 Å². The van der Waals surface area contributed by atoms with Crippen LogP contribution in [0.25, 0.3) is 0 Å². The van der Waals surface area contributed by atoms with E-state index in [4.69, 9.17) is 16.3 Å². The Morgan fingerprint density at radius 2 is 1.86 bits per heavy atom. The van der Waals surface area contributed by atoms with Crippen LogP contribution in [-0.2, 0) is 4.74 Å². The van der Waals surface area contributed by atoms with E-state index in [0.29, 0.717) is 11.0 Å². The first-order chi connectivity index (χ1) is 13.6. The zero-order valence-electron chi connectivity index (χ0n) is 16.6. The van der Waals surface area contributed by atoms with Crippen molar-refractivity contribution >= 4 is 23.5 Å². The third-order valence-corrected chi connectivity index (χ3v) is 6.88. The maximum Gasteiger partial charge on any atom is 0.271 e. The molecule has 3 aliphatic rings. The first kappa shape index (κ1) is 19.9. The van der Waals surface area contributed by atoms with Crippen molar-refractivity contribution in [1.29, 1.82) is 0 Å². The summed E-state index contributed by atoms with van der Waals surface area (Å²) in [5, 5.41) is 3.53. The number of aromatic nitrogens is 2. The lowest BCUT2D eigenvalue weighted by molar-refractivity contribution is -0.0323. The summed E-state index contributed by atoms with van der Waals surface area (Å²) in [6.45, 7) is 7.35. The van der Waals surface area contributed by atoms with Crippen molar-refractivity contribution in [1.82, 2.24) is 20.2 Å². The number of amides is 1. The molecule has 1 N–H and O–H groups in total. The van der Waals surface area contributed by atoms with Crippen molar-refractivity contribution < 1.29 is 9.53 Å². The highest BCUT2D eigenvalue weighted by atomic mass is 35.5. The van der Waals surface area contributed by atoms with Gasteiger partial charge in [0.1, 0.15) is 0 Å². The van der Waals surface area contributed by atoms with E-state index < -0.39 is 0 Å². The quantitative estimate of drug-likeness (QED) is 0.808. The molecule has 0 aromatic carbocycles. The predicted octanol–water partition coefficient (Wildman–Crippen LogP) is 2.49. The fourth-order valence-corrected chi connectivity index (χ4v) is 5.18. The number of anilines is 1. The highest BCUT2D eigenvalue weighted by Crippen LogP contribution is 2.38. The van der Waals surface area contributed by atoms with Crippen LogP contribution in [0.1, 0.15) is 55.9 Å². The molecule has 8 heteroatoms. The molecular weight excluding hydrogens is 378 g/mol. The highest BCUT2D eigenvalue weighted by Gasteiger charge is 2.45. The summed E-state index contributed by atoms with van der Waals surface area (Å²) >= 11 is 6.29. The number of carbonyl (C=O) groups is 1. The van der Waals surface area contributed by atoms with Crippen LogP contribution in [0.4, 0.5) is 5.95 Å². The minimum Gasteiger partial charge on any atom is -0.379 e. The van der Waals surface area contributed by atoms with Crippen LogP contribution in [0.2, 0.25) is 5.02 Å². The third-order valence-electron chi connectivity index (χ3n) is 6.60. The third kappa shape index (κ3) is 3.84. The number of rotatable bonds is 5. The summed E-state index contributed by atoms with van der Waals surface area (Å²) < 4.78 is 5.54. The maximum absolute atomic E-state index is 13.1. The van der Waals surface area contributed by atoms with Gasteiger partial charge in [-0.3, -0.25) is 9.69 Å². The molecule has 1 aromatic rings. The van der Waals surface area contributed by atoms with Crippen LogP contribution >= 0.6 is 11.6 Å². The SMILES string of the molecule is CC(NC(=O)c1nc(N2CCCC2)ncc1Cl)C1(N2CCOCC2)CCCC1. The van der Waals surface area contributed by atoms with Gasteiger partial charge in [-0.2, -0.15) is 0 Å². The zero-order chi connectivity index (χ0) is 19.6. The standard InChI is InChI=1S/C20H30ClN5O2/c1-15(20(6-2-3-7-20)26-10-12-28-13-11-26)23-18(27)17-16(21)14-22-19(24-17)25-8-4-5-9-25/h14-15H,2-13H2,1H3,(H,23,27). The molecule has 7 nitrogen and oxygen atoms in total. The van der Waals surface area contributed by atoms with Gasteiger partial charge in [0.25, 0.3) is 5.91 Å². The van der Waals surface area contributed by atoms with E-state index in [2.05, 4.69) is 32.0 Å². The van der Waals surface area contributed by atoms with E-state index in [1.54, 1.807) is 6.20 Å². The summed E-state index contributed by atoms with van der Waals surface area (Å²) in [5.41, 5.74) is 0.275. The van der Waals surface area contributed by atoms with Crippen molar-refractivity contribution in [3.8, 4) is 0 Å². The van der Waals surface area contributed by atoms with Crippen LogP contribution in [0.3, 0.4) is 0 Å². The molecule has 0 spiro atoms. The molecule has 1 saturated carbocycles. The summed E-state index contributed by atoms with van der Waals surface area (Å²) in [4.78, 5) is 26.5. The second kappa shape index (κ2) is 8.51. The molecule has 0 bridgehead atoms. The molecule has 2 aliphatic heterocycles. The Kier molecular flexibility index (Phi) is 6.04. The average Bonchev–Trinajstić information content (AvgIpc) is 3.42. The van der Waals surface area contributed by atoms with E-state index in [-0.39, 0.29) is 23.2 Å². The lowest BCUT2D eigenvalue weighted by Gasteiger charge is -2.47. The fraction of sp³-hybridized carbons (Fsp3) is 0.750. The van der Waals surface area contributed by atoms with Gasteiger partial charge in [-0.15, -0.1) is 0 Å². The van der Waals surface area contributed by atoms with Gasteiger partial charge in [-0.1, -0.05) is 24.4 Å². The van der Waals surface area contributed by atoms with E-state index in [0.717, 1.165) is 65.1 Å². The largest absolute Gasteiger partial charge is 0.379 e. The summed E-state index contributed by atoms with van der Waals surface area (Å²) in [7, 11) is 0. The van der Waals surface area contributed by atoms with Gasteiger partial charge in [0.05, 0.1) is 24.4 Å². The number of ether oxygens (including phenoxy) is 1. The lowest BCUT2D eigenvalue weighted by atomic mass is 9.86. The van der Waals surface area contributed by atoms with Gasteiger partial charge in [-0.25, -0.2) is 9.97 Å². The first-order valence-electron chi connectivity index (χ1n) is 10.5. The fourth-order valence-electron chi connectivity index (χ4n) is 5.00. The first-order valence-corrected chi connectivity index (χ1v) is 10.9. The predicted molar refractivity (Wildman–Crippen MR) is 109 cm³/mol. The van der Waals surface area contributed by atoms with Gasteiger partial charge in [-0.05, 0) is 32.6 Å². The van der Waals surface area contributed by atoms with Gasteiger partial charge in [0, 0.05) is 37.8 Å². The van der Waals surface area contributed by atoms with E-state index >= 15 is 0 Å². The number of nitrogens with zero attached hydrogens (tertiary/aromatic N) is 4. The summed E-state index contributed by atoms with van der Waals surface area (Å²) in [6.07, 6.45) is 8.42. The Bertz CT molecular complexity index is 698. The minimum absolute atomic E-state index is 0.00325. The molecule has 1 amide bonds. The smallest absolute Gasteiger partial charge is 0.271 e. The normalized spacial score (nSPS) is 23.7. The maximum atomic E-state index is 13.1. The van der Waals surface area contributed by atoms with E-state index in [1.165, 1.54) is 12.8 Å². The van der Waals surface area contributed by atoms with Crippen molar-refractivity contribution in [2.45, 2.75) is 57.0 Å². The number of halogens is 1. The zero-order valence-corrected chi connectivity index (χ0v) is 17.4. The number of hydrogen-bond acceptors (Lipinski definition) is 6. The molecule has 28 heavy (non-hydrogen) atoms. The second-order valence-corrected chi connectivity index (χ2v) is 8.57. The molecule has 1 atom stereocenters. The van der Waals surface area contributed by atoms with Crippen molar-refractivity contribution in [2.24, 2.45) is 0 Å². The molecule has 0 radical (unpaired) electrons. The molecule has 1 aliphatic carbocycles. The van der Waals surface area contributed by atoms with Crippen LogP contribution < -0.4 is 10.2 Å². The van der Waals surface area contributed by atoms with E-state index in [1.807, 2.05) is 0 Å². The van der Waals surface area contributed by atoms with Gasteiger partial charge in [0.15, 0.2) is 5.69 Å². The van der Waals surface area contributed by atoms with Crippen LogP contribution in [0, 0.1) is 0 Å². The molecule has 1 unspecified atom stereocenters. The van der Waals surface area contributed by atoms with Crippen molar-refractivity contribution in [3.05, 3.63) is 16.9 Å². The summed E-state index contributed by atoms with van der Waals surface area (Å²) in [5.74, 6) is 0.392. The molecule has 3 fully saturated rings.